The van der Waals surface area contributed by atoms with E-state index in [1.807, 2.05) is 35.2 Å². The minimum atomic E-state index is 0.0785. The van der Waals surface area contributed by atoms with Gasteiger partial charge < -0.3 is 9.64 Å². The van der Waals surface area contributed by atoms with Crippen LogP contribution in [0.3, 0.4) is 0 Å². The van der Waals surface area contributed by atoms with E-state index >= 15 is 0 Å². The van der Waals surface area contributed by atoms with Crippen LogP contribution in [0.1, 0.15) is 35.6 Å². The summed E-state index contributed by atoms with van der Waals surface area (Å²) in [7, 11) is 1.66. The lowest BCUT2D eigenvalue weighted by atomic mass is 10.0. The second kappa shape index (κ2) is 7.35. The van der Waals surface area contributed by atoms with Crippen molar-refractivity contribution < 1.29 is 9.53 Å². The largest absolute Gasteiger partial charge is 0.497 e. The van der Waals surface area contributed by atoms with Crippen molar-refractivity contribution in [3.63, 3.8) is 0 Å². The van der Waals surface area contributed by atoms with E-state index in [1.54, 1.807) is 13.2 Å². The summed E-state index contributed by atoms with van der Waals surface area (Å²) >= 11 is 0. The summed E-state index contributed by atoms with van der Waals surface area (Å²) < 4.78 is 5.21. The maximum Gasteiger partial charge on any atom is 0.247 e. The lowest BCUT2D eigenvalue weighted by Gasteiger charge is -2.24. The number of ether oxygens (including phenoxy) is 1. The molecule has 2 aromatic rings. The number of methoxy groups -OCH3 is 1. The highest BCUT2D eigenvalue weighted by atomic mass is 16.5. The van der Waals surface area contributed by atoms with Crippen LogP contribution in [0.2, 0.25) is 0 Å². The van der Waals surface area contributed by atoms with Gasteiger partial charge in [0.1, 0.15) is 5.75 Å². The number of benzene rings is 2. The second-order valence-corrected chi connectivity index (χ2v) is 6.21. The third-order valence-corrected chi connectivity index (χ3v) is 4.50. The molecule has 1 aliphatic rings. The smallest absolute Gasteiger partial charge is 0.247 e. The van der Waals surface area contributed by atoms with Crippen LogP contribution in [-0.2, 0) is 4.79 Å². The van der Waals surface area contributed by atoms with E-state index in [4.69, 9.17) is 4.74 Å². The third kappa shape index (κ3) is 3.67. The van der Waals surface area contributed by atoms with Gasteiger partial charge in [-0.2, -0.15) is 0 Å². The fraction of sp³-hybridized carbons (Fsp3) is 0.286. The predicted octanol–water partition coefficient (Wildman–Crippen LogP) is 4.38. The maximum absolute atomic E-state index is 12.6. The molecule has 3 nitrogen and oxygen atoms in total. The summed E-state index contributed by atoms with van der Waals surface area (Å²) in [6.45, 7) is 2.87. The molecule has 1 amide bonds. The fourth-order valence-electron chi connectivity index (χ4n) is 3.24. The molecule has 0 saturated carbocycles. The van der Waals surface area contributed by atoms with Gasteiger partial charge in [-0.1, -0.05) is 42.0 Å². The molecule has 1 aliphatic heterocycles. The van der Waals surface area contributed by atoms with Crippen LogP contribution < -0.4 is 4.74 Å². The first-order valence-electron chi connectivity index (χ1n) is 8.36. The molecule has 0 aliphatic carbocycles. The van der Waals surface area contributed by atoms with Crippen molar-refractivity contribution >= 4 is 12.0 Å². The summed E-state index contributed by atoms with van der Waals surface area (Å²) in [5.74, 6) is 0.920. The molecule has 0 N–H and O–H groups in total. The Morgan fingerprint density at radius 1 is 1.21 bits per heavy atom. The van der Waals surface area contributed by atoms with E-state index in [0.717, 1.165) is 30.7 Å². The minimum Gasteiger partial charge on any atom is -0.497 e. The van der Waals surface area contributed by atoms with Crippen LogP contribution in [0.5, 0.6) is 5.75 Å². The van der Waals surface area contributed by atoms with Gasteiger partial charge in [-0.05, 0) is 49.1 Å². The van der Waals surface area contributed by atoms with Crippen LogP contribution in [0.4, 0.5) is 0 Å². The van der Waals surface area contributed by atoms with Gasteiger partial charge in [-0.15, -0.1) is 0 Å². The zero-order valence-corrected chi connectivity index (χ0v) is 14.2. The molecule has 3 rings (SSSR count). The van der Waals surface area contributed by atoms with Crippen molar-refractivity contribution in [2.75, 3.05) is 13.7 Å². The van der Waals surface area contributed by atoms with E-state index in [2.05, 4.69) is 31.2 Å². The Morgan fingerprint density at radius 2 is 2.00 bits per heavy atom. The number of amides is 1. The van der Waals surface area contributed by atoms with Crippen molar-refractivity contribution in [1.29, 1.82) is 0 Å². The van der Waals surface area contributed by atoms with Crippen LogP contribution in [0.15, 0.2) is 54.6 Å². The standard InChI is InChI=1S/C21H23NO2/c1-16-5-3-6-17(15-16)8-13-21(23)22-14-4-7-20(22)18-9-11-19(24-2)12-10-18/h3,5-6,8-13,15,20H,4,7,14H2,1-2H3/b13-8+. The number of likely N-dealkylation sites (tertiary alicyclic amines) is 1. The van der Waals surface area contributed by atoms with E-state index < -0.39 is 0 Å². The monoisotopic (exact) mass is 321 g/mol. The molecular formula is C21H23NO2. The minimum absolute atomic E-state index is 0.0785. The highest BCUT2D eigenvalue weighted by molar-refractivity contribution is 5.92. The van der Waals surface area contributed by atoms with E-state index in [9.17, 15) is 4.79 Å². The molecule has 1 heterocycles. The summed E-state index contributed by atoms with van der Waals surface area (Å²) in [5.41, 5.74) is 3.43. The van der Waals surface area contributed by atoms with Crippen molar-refractivity contribution in [3.05, 3.63) is 71.3 Å². The first kappa shape index (κ1) is 16.3. The van der Waals surface area contributed by atoms with Gasteiger partial charge in [0.2, 0.25) is 5.91 Å². The third-order valence-electron chi connectivity index (χ3n) is 4.50. The molecule has 1 fully saturated rings. The first-order chi connectivity index (χ1) is 11.7. The number of nitrogens with zero attached hydrogens (tertiary/aromatic N) is 1. The van der Waals surface area contributed by atoms with Crippen LogP contribution in [-0.4, -0.2) is 24.5 Å². The average molecular weight is 321 g/mol. The lowest BCUT2D eigenvalue weighted by molar-refractivity contribution is -0.126. The SMILES string of the molecule is COc1ccc(C2CCCN2C(=O)/C=C/c2cccc(C)c2)cc1. The zero-order valence-electron chi connectivity index (χ0n) is 14.2. The quantitative estimate of drug-likeness (QED) is 0.782. The number of carbonyl (C=O) groups is 1. The summed E-state index contributed by atoms with van der Waals surface area (Å²) in [6.07, 6.45) is 5.65. The first-order valence-corrected chi connectivity index (χ1v) is 8.36. The fourth-order valence-corrected chi connectivity index (χ4v) is 3.24. The van der Waals surface area contributed by atoms with Gasteiger partial charge in [0.05, 0.1) is 13.2 Å². The number of carbonyl (C=O) groups excluding carboxylic acids is 1. The molecule has 1 atom stereocenters. The highest BCUT2D eigenvalue weighted by Crippen LogP contribution is 2.33. The molecule has 0 bridgehead atoms. The Morgan fingerprint density at radius 3 is 2.71 bits per heavy atom. The Bertz CT molecular complexity index is 734. The number of aryl methyl sites for hydroxylation is 1. The molecule has 24 heavy (non-hydrogen) atoms. The van der Waals surface area contributed by atoms with Crippen LogP contribution >= 0.6 is 0 Å². The number of rotatable bonds is 4. The van der Waals surface area contributed by atoms with E-state index in [0.29, 0.717) is 0 Å². The average Bonchev–Trinajstić information content (AvgIpc) is 3.09. The predicted molar refractivity (Wildman–Crippen MR) is 96.9 cm³/mol. The molecule has 2 aromatic carbocycles. The zero-order chi connectivity index (χ0) is 16.9. The normalized spacial score (nSPS) is 17.4. The molecule has 0 radical (unpaired) electrons. The molecule has 0 spiro atoms. The Balaban J connectivity index is 1.73. The van der Waals surface area contributed by atoms with Gasteiger partial charge in [0, 0.05) is 12.6 Å². The molecule has 1 unspecified atom stereocenters. The highest BCUT2D eigenvalue weighted by Gasteiger charge is 2.28. The van der Waals surface area contributed by atoms with Crippen LogP contribution in [0, 0.1) is 6.92 Å². The van der Waals surface area contributed by atoms with Gasteiger partial charge in [0.25, 0.3) is 0 Å². The Labute approximate surface area is 143 Å². The van der Waals surface area contributed by atoms with Crippen LogP contribution in [0.25, 0.3) is 6.08 Å². The molecule has 0 aromatic heterocycles. The van der Waals surface area contributed by atoms with Crippen molar-refractivity contribution in [3.8, 4) is 5.75 Å². The van der Waals surface area contributed by atoms with Gasteiger partial charge in [-0.25, -0.2) is 0 Å². The Hall–Kier alpha value is -2.55. The van der Waals surface area contributed by atoms with Gasteiger partial charge >= 0.3 is 0 Å². The lowest BCUT2D eigenvalue weighted by Crippen LogP contribution is -2.28. The van der Waals surface area contributed by atoms with Crippen molar-refractivity contribution in [2.24, 2.45) is 0 Å². The topological polar surface area (TPSA) is 29.5 Å². The van der Waals surface area contributed by atoms with Crippen molar-refractivity contribution in [1.82, 2.24) is 4.90 Å². The Kier molecular flexibility index (Phi) is 4.99. The maximum atomic E-state index is 12.6. The second-order valence-electron chi connectivity index (χ2n) is 6.21. The van der Waals surface area contributed by atoms with Gasteiger partial charge in [-0.3, -0.25) is 4.79 Å². The summed E-state index contributed by atoms with van der Waals surface area (Å²) in [4.78, 5) is 14.6. The number of hydrogen-bond acceptors (Lipinski definition) is 2. The molecule has 1 saturated heterocycles. The molecular weight excluding hydrogens is 298 g/mol. The van der Waals surface area contributed by atoms with E-state index in [1.165, 1.54) is 11.1 Å². The van der Waals surface area contributed by atoms with Crippen molar-refractivity contribution in [2.45, 2.75) is 25.8 Å². The summed E-state index contributed by atoms with van der Waals surface area (Å²) in [6, 6.07) is 16.3. The van der Waals surface area contributed by atoms with Gasteiger partial charge in [0.15, 0.2) is 0 Å². The van der Waals surface area contributed by atoms with E-state index in [-0.39, 0.29) is 11.9 Å². The molecule has 3 heteroatoms. The number of hydrogen-bond donors (Lipinski definition) is 0. The molecule has 124 valence electrons. The summed E-state index contributed by atoms with van der Waals surface area (Å²) in [5, 5.41) is 0.